The first-order chi connectivity index (χ1) is 9.41. The fraction of sp³-hybridized carbons (Fsp3) is 0.667. The maximum atomic E-state index is 11.3. The lowest BCUT2D eigenvalue weighted by Gasteiger charge is -2.39. The largest absolute Gasteiger partial charge is 0.464 e. The lowest BCUT2D eigenvalue weighted by molar-refractivity contribution is 0.0592. The molecule has 0 unspecified atom stereocenters. The molecule has 5 heteroatoms. The van der Waals surface area contributed by atoms with Crippen molar-refractivity contribution < 1.29 is 9.53 Å². The zero-order valence-corrected chi connectivity index (χ0v) is 12.7. The van der Waals surface area contributed by atoms with Gasteiger partial charge in [-0.3, -0.25) is 0 Å². The number of piperidine rings is 1. The number of methoxy groups -OCH3 is 1. The van der Waals surface area contributed by atoms with Gasteiger partial charge in [-0.1, -0.05) is 20.8 Å². The van der Waals surface area contributed by atoms with Crippen molar-refractivity contribution in [3.63, 3.8) is 0 Å². The highest BCUT2D eigenvalue weighted by atomic mass is 16.5. The molecule has 1 aliphatic heterocycles. The number of rotatable bonds is 2. The van der Waals surface area contributed by atoms with E-state index in [-0.39, 0.29) is 5.69 Å². The van der Waals surface area contributed by atoms with Gasteiger partial charge in [-0.25, -0.2) is 4.79 Å². The number of carbonyl (C=O) groups is 1. The first-order valence-electron chi connectivity index (χ1n) is 7.09. The summed E-state index contributed by atoms with van der Waals surface area (Å²) in [5, 5.41) is 8.06. The number of ether oxygens (including phenoxy) is 1. The van der Waals surface area contributed by atoms with E-state index in [0.29, 0.717) is 5.41 Å². The molecule has 20 heavy (non-hydrogen) atoms. The second-order valence-corrected chi connectivity index (χ2v) is 6.40. The molecule has 1 aliphatic rings. The number of esters is 1. The van der Waals surface area contributed by atoms with Gasteiger partial charge in [0, 0.05) is 13.1 Å². The zero-order chi connectivity index (χ0) is 14.8. The normalized spacial score (nSPS) is 17.1. The van der Waals surface area contributed by atoms with Crippen LogP contribution in [0.2, 0.25) is 0 Å². The molecule has 1 saturated heterocycles. The number of hydrogen-bond donors (Lipinski definition) is 0. The van der Waals surface area contributed by atoms with Crippen molar-refractivity contribution in [2.75, 3.05) is 25.1 Å². The van der Waals surface area contributed by atoms with Gasteiger partial charge < -0.3 is 9.64 Å². The number of nitrogens with zero attached hydrogens (tertiary/aromatic N) is 3. The number of aromatic nitrogens is 2. The number of anilines is 1. The third-order valence-corrected chi connectivity index (χ3v) is 4.09. The standard InChI is InChI=1S/C15H23N3O2/c1-15(2,3)11-7-9-18(10-8-11)13-6-5-12(16-17-13)14(19)20-4/h5-6,11H,7-10H2,1-4H3. The van der Waals surface area contributed by atoms with Crippen LogP contribution in [0, 0.1) is 11.3 Å². The van der Waals surface area contributed by atoms with E-state index >= 15 is 0 Å². The Morgan fingerprint density at radius 1 is 1.25 bits per heavy atom. The molecule has 1 aromatic rings. The van der Waals surface area contributed by atoms with Crippen LogP contribution in [0.15, 0.2) is 12.1 Å². The van der Waals surface area contributed by atoms with Crippen LogP contribution in [0.5, 0.6) is 0 Å². The van der Waals surface area contributed by atoms with Gasteiger partial charge in [0.15, 0.2) is 11.5 Å². The summed E-state index contributed by atoms with van der Waals surface area (Å²) in [6, 6.07) is 3.51. The Hall–Kier alpha value is -1.65. The van der Waals surface area contributed by atoms with Crippen LogP contribution in [-0.4, -0.2) is 36.4 Å². The van der Waals surface area contributed by atoms with Crippen molar-refractivity contribution in [3.8, 4) is 0 Å². The summed E-state index contributed by atoms with van der Waals surface area (Å²) in [5.41, 5.74) is 0.618. The van der Waals surface area contributed by atoms with Gasteiger partial charge in [-0.05, 0) is 36.3 Å². The SMILES string of the molecule is COC(=O)c1ccc(N2CCC(C(C)(C)C)CC2)nn1. The molecule has 110 valence electrons. The Labute approximate surface area is 120 Å². The molecule has 0 amide bonds. The maximum Gasteiger partial charge on any atom is 0.358 e. The van der Waals surface area contributed by atoms with Gasteiger partial charge in [0.25, 0.3) is 0 Å². The third-order valence-electron chi connectivity index (χ3n) is 4.09. The van der Waals surface area contributed by atoms with Crippen molar-refractivity contribution in [3.05, 3.63) is 17.8 Å². The van der Waals surface area contributed by atoms with Crippen LogP contribution in [0.25, 0.3) is 0 Å². The fourth-order valence-electron chi connectivity index (χ4n) is 2.68. The van der Waals surface area contributed by atoms with Crippen molar-refractivity contribution in [2.45, 2.75) is 33.6 Å². The topological polar surface area (TPSA) is 55.3 Å². The maximum absolute atomic E-state index is 11.3. The Morgan fingerprint density at radius 2 is 1.90 bits per heavy atom. The van der Waals surface area contributed by atoms with Gasteiger partial charge in [0.1, 0.15) is 0 Å². The molecule has 1 fully saturated rings. The molecule has 0 saturated carbocycles. The van der Waals surface area contributed by atoms with Gasteiger partial charge in [0.2, 0.25) is 0 Å². The van der Waals surface area contributed by atoms with Crippen molar-refractivity contribution in [1.29, 1.82) is 0 Å². The lowest BCUT2D eigenvalue weighted by Crippen LogP contribution is -2.38. The summed E-state index contributed by atoms with van der Waals surface area (Å²) in [4.78, 5) is 13.5. The van der Waals surface area contributed by atoms with E-state index < -0.39 is 5.97 Å². The van der Waals surface area contributed by atoms with E-state index in [0.717, 1.165) is 24.8 Å². The van der Waals surface area contributed by atoms with Crippen molar-refractivity contribution in [1.82, 2.24) is 10.2 Å². The van der Waals surface area contributed by atoms with E-state index in [9.17, 15) is 4.79 Å². The highest BCUT2D eigenvalue weighted by Crippen LogP contribution is 2.35. The second kappa shape index (κ2) is 5.77. The summed E-state index contributed by atoms with van der Waals surface area (Å²) < 4.78 is 4.62. The van der Waals surface area contributed by atoms with Gasteiger partial charge >= 0.3 is 5.97 Å². The van der Waals surface area contributed by atoms with Crippen molar-refractivity contribution in [2.24, 2.45) is 11.3 Å². The molecular formula is C15H23N3O2. The van der Waals surface area contributed by atoms with Crippen LogP contribution in [0.4, 0.5) is 5.82 Å². The Bertz CT molecular complexity index is 457. The number of carbonyl (C=O) groups excluding carboxylic acids is 1. The van der Waals surface area contributed by atoms with Gasteiger partial charge in [-0.2, -0.15) is 0 Å². The quantitative estimate of drug-likeness (QED) is 0.777. The smallest absolute Gasteiger partial charge is 0.358 e. The predicted octanol–water partition coefficient (Wildman–Crippen LogP) is 2.53. The van der Waals surface area contributed by atoms with E-state index in [2.05, 4.69) is 40.6 Å². The first-order valence-corrected chi connectivity index (χ1v) is 7.09. The molecule has 0 bridgehead atoms. The minimum atomic E-state index is -0.449. The second-order valence-electron chi connectivity index (χ2n) is 6.40. The summed E-state index contributed by atoms with van der Waals surface area (Å²) in [6.07, 6.45) is 2.34. The molecule has 2 rings (SSSR count). The molecule has 0 spiro atoms. The average molecular weight is 277 g/mol. The number of hydrogen-bond acceptors (Lipinski definition) is 5. The Morgan fingerprint density at radius 3 is 2.35 bits per heavy atom. The Balaban J connectivity index is 1.99. The molecule has 0 atom stereocenters. The minimum absolute atomic E-state index is 0.251. The van der Waals surface area contributed by atoms with Gasteiger partial charge in [-0.15, -0.1) is 10.2 Å². The molecule has 2 heterocycles. The van der Waals surface area contributed by atoms with Crippen LogP contribution in [-0.2, 0) is 4.74 Å². The first kappa shape index (κ1) is 14.8. The molecule has 0 aromatic carbocycles. The molecular weight excluding hydrogens is 254 g/mol. The zero-order valence-electron chi connectivity index (χ0n) is 12.7. The molecule has 0 radical (unpaired) electrons. The highest BCUT2D eigenvalue weighted by Gasteiger charge is 2.29. The van der Waals surface area contributed by atoms with E-state index in [1.54, 1.807) is 6.07 Å². The summed E-state index contributed by atoms with van der Waals surface area (Å²) >= 11 is 0. The van der Waals surface area contributed by atoms with Crippen LogP contribution in [0.1, 0.15) is 44.1 Å². The average Bonchev–Trinajstić information content (AvgIpc) is 2.46. The van der Waals surface area contributed by atoms with E-state index in [4.69, 9.17) is 0 Å². The summed E-state index contributed by atoms with van der Waals surface area (Å²) in [5.74, 6) is 1.14. The molecule has 5 nitrogen and oxygen atoms in total. The van der Waals surface area contributed by atoms with Crippen LogP contribution >= 0.6 is 0 Å². The van der Waals surface area contributed by atoms with Crippen LogP contribution < -0.4 is 4.90 Å². The minimum Gasteiger partial charge on any atom is -0.464 e. The fourth-order valence-corrected chi connectivity index (χ4v) is 2.68. The van der Waals surface area contributed by atoms with E-state index in [1.165, 1.54) is 20.0 Å². The van der Waals surface area contributed by atoms with Gasteiger partial charge in [0.05, 0.1) is 7.11 Å². The third kappa shape index (κ3) is 3.26. The molecule has 1 aromatic heterocycles. The summed E-state index contributed by atoms with van der Waals surface area (Å²) in [6.45, 7) is 8.90. The predicted molar refractivity (Wildman–Crippen MR) is 77.8 cm³/mol. The monoisotopic (exact) mass is 277 g/mol. The van der Waals surface area contributed by atoms with Crippen molar-refractivity contribution >= 4 is 11.8 Å². The van der Waals surface area contributed by atoms with E-state index in [1.807, 2.05) is 6.07 Å². The van der Waals surface area contributed by atoms with Crippen LogP contribution in [0.3, 0.4) is 0 Å². The summed E-state index contributed by atoms with van der Waals surface area (Å²) in [7, 11) is 1.34. The highest BCUT2D eigenvalue weighted by molar-refractivity contribution is 5.86. The molecule has 0 N–H and O–H groups in total. The lowest BCUT2D eigenvalue weighted by atomic mass is 9.75. The Kier molecular flexibility index (Phi) is 4.26. The molecule has 0 aliphatic carbocycles.